The Balaban J connectivity index is 2.62. The van der Waals surface area contributed by atoms with Gasteiger partial charge in [0.2, 0.25) is 0 Å². The van der Waals surface area contributed by atoms with Crippen LogP contribution in [0.4, 0.5) is 0 Å². The highest BCUT2D eigenvalue weighted by molar-refractivity contribution is 6.76. The molecule has 0 aromatic heterocycles. The Labute approximate surface area is 184 Å². The maximum absolute atomic E-state index is 10.5. The number of benzene rings is 1. The van der Waals surface area contributed by atoms with Gasteiger partial charge in [-0.25, -0.2) is 0 Å². The Kier molecular flexibility index (Phi) is 11.2. The van der Waals surface area contributed by atoms with E-state index in [1.807, 2.05) is 12.1 Å². The fourth-order valence-corrected chi connectivity index (χ4v) is 4.02. The van der Waals surface area contributed by atoms with Crippen molar-refractivity contribution in [1.29, 1.82) is 0 Å². The molecule has 0 aliphatic heterocycles. The summed E-state index contributed by atoms with van der Waals surface area (Å²) in [6, 6.07) is 7.61. The van der Waals surface area contributed by atoms with Crippen LogP contribution in [-0.4, -0.2) is 59.8 Å². The second kappa shape index (κ2) is 12.3. The van der Waals surface area contributed by atoms with E-state index in [1.54, 1.807) is 13.0 Å². The van der Waals surface area contributed by atoms with Gasteiger partial charge in [-0.1, -0.05) is 51.4 Å². The molecule has 0 radical (unpaired) electrons. The average molecular weight is 459 g/mol. The number of ether oxygens (including phenoxy) is 4. The molecule has 30 heavy (non-hydrogen) atoms. The number of aliphatic hydroxyl groups excluding tert-OH is 1. The highest BCUT2D eigenvalue weighted by atomic mass is 28.3. The first kappa shape index (κ1) is 27.3. The third-order valence-electron chi connectivity index (χ3n) is 4.66. The van der Waals surface area contributed by atoms with Crippen LogP contribution in [0.2, 0.25) is 51.4 Å². The fraction of sp³-hybridized carbons (Fsp3) is 0.727. The van der Waals surface area contributed by atoms with Crippen molar-refractivity contribution in [3.05, 3.63) is 29.3 Å². The van der Waals surface area contributed by atoms with E-state index in [2.05, 4.69) is 39.3 Å². The molecule has 0 saturated carbocycles. The molecular formula is C22H42O6Si2. The summed E-state index contributed by atoms with van der Waals surface area (Å²) in [5.74, 6) is 0.489. The molecule has 174 valence electrons. The monoisotopic (exact) mass is 458 g/mol. The van der Waals surface area contributed by atoms with Crippen LogP contribution in [0.1, 0.15) is 18.1 Å². The Bertz CT molecular complexity index is 623. The largest absolute Gasteiger partial charge is 0.467 e. The molecule has 0 fully saturated rings. The summed E-state index contributed by atoms with van der Waals surface area (Å²) in [6.45, 7) is 17.1. The summed E-state index contributed by atoms with van der Waals surface area (Å²) in [6.07, 6.45) is 0. The van der Waals surface area contributed by atoms with Gasteiger partial charge in [-0.2, -0.15) is 0 Å². The van der Waals surface area contributed by atoms with Crippen LogP contribution in [0, 0.1) is 0 Å². The maximum atomic E-state index is 10.5. The van der Waals surface area contributed by atoms with Crippen LogP contribution < -0.4 is 4.74 Å². The topological polar surface area (TPSA) is 77.4 Å². The standard InChI is InChI=1S/C22H42O6Si2/c1-22(24,16-23)20-9-8-19(15-27-17-25-10-12-29(2,3)4)14-21(20)28-18-26-11-13-30(5,6)7/h8-9,14,23-24H,10-13,15-18H2,1-7H3/t22-/m0/s1. The van der Waals surface area contributed by atoms with Crippen molar-refractivity contribution >= 4 is 16.1 Å². The number of aliphatic hydroxyl groups is 2. The first-order chi connectivity index (χ1) is 13.8. The van der Waals surface area contributed by atoms with Gasteiger partial charge in [-0.15, -0.1) is 0 Å². The molecule has 0 aliphatic carbocycles. The third kappa shape index (κ3) is 11.6. The minimum absolute atomic E-state index is 0.100. The van der Waals surface area contributed by atoms with Crippen LogP contribution in [0.5, 0.6) is 5.75 Å². The number of hydrogen-bond donors (Lipinski definition) is 2. The lowest BCUT2D eigenvalue weighted by atomic mass is 9.95. The van der Waals surface area contributed by atoms with Gasteiger partial charge in [0.15, 0.2) is 6.79 Å². The van der Waals surface area contributed by atoms with Crippen LogP contribution in [0.25, 0.3) is 0 Å². The molecule has 0 heterocycles. The van der Waals surface area contributed by atoms with Crippen molar-refractivity contribution in [3.8, 4) is 5.75 Å². The Morgan fingerprint density at radius 1 is 0.867 bits per heavy atom. The number of hydrogen-bond acceptors (Lipinski definition) is 6. The second-order valence-electron chi connectivity index (χ2n) is 10.4. The average Bonchev–Trinajstić information content (AvgIpc) is 2.62. The van der Waals surface area contributed by atoms with Crippen LogP contribution >= 0.6 is 0 Å². The van der Waals surface area contributed by atoms with Gasteiger partial charge in [0.05, 0.1) is 13.2 Å². The zero-order valence-corrected chi connectivity index (χ0v) is 21.9. The summed E-state index contributed by atoms with van der Waals surface area (Å²) >= 11 is 0. The number of rotatable bonds is 15. The van der Waals surface area contributed by atoms with E-state index < -0.39 is 28.4 Å². The Hall–Kier alpha value is -0.746. The molecule has 1 aromatic carbocycles. The lowest BCUT2D eigenvalue weighted by Crippen LogP contribution is -2.27. The highest BCUT2D eigenvalue weighted by Crippen LogP contribution is 2.31. The van der Waals surface area contributed by atoms with E-state index in [-0.39, 0.29) is 13.6 Å². The van der Waals surface area contributed by atoms with E-state index in [4.69, 9.17) is 18.9 Å². The van der Waals surface area contributed by atoms with Gasteiger partial charge in [0.1, 0.15) is 18.1 Å². The van der Waals surface area contributed by atoms with E-state index in [0.29, 0.717) is 24.5 Å². The Morgan fingerprint density at radius 2 is 1.43 bits per heavy atom. The smallest absolute Gasteiger partial charge is 0.189 e. The van der Waals surface area contributed by atoms with Crippen molar-refractivity contribution in [3.63, 3.8) is 0 Å². The molecule has 1 atom stereocenters. The lowest BCUT2D eigenvalue weighted by Gasteiger charge is -2.24. The van der Waals surface area contributed by atoms with E-state index in [1.165, 1.54) is 0 Å². The molecule has 0 saturated heterocycles. The van der Waals surface area contributed by atoms with Crippen molar-refractivity contribution in [2.75, 3.05) is 33.4 Å². The summed E-state index contributed by atoms with van der Waals surface area (Å²) in [5.41, 5.74) is 0.0276. The van der Waals surface area contributed by atoms with Crippen LogP contribution in [0.3, 0.4) is 0 Å². The molecule has 0 amide bonds. The second-order valence-corrected chi connectivity index (χ2v) is 21.7. The quantitative estimate of drug-likeness (QED) is 0.230. The van der Waals surface area contributed by atoms with Crippen molar-refractivity contribution < 1.29 is 29.2 Å². The van der Waals surface area contributed by atoms with Crippen molar-refractivity contribution in [2.45, 2.75) is 70.5 Å². The van der Waals surface area contributed by atoms with Crippen molar-refractivity contribution in [1.82, 2.24) is 0 Å². The normalized spacial score (nSPS) is 14.6. The molecule has 0 spiro atoms. The SMILES string of the molecule is C[C@](O)(CO)c1ccc(COCOCC[Si](C)(C)C)cc1OCOCC[Si](C)(C)C. The molecule has 6 nitrogen and oxygen atoms in total. The van der Waals surface area contributed by atoms with Gasteiger partial charge in [-0.05, 0) is 30.6 Å². The summed E-state index contributed by atoms with van der Waals surface area (Å²) in [4.78, 5) is 0. The molecule has 1 rings (SSSR count). The molecule has 0 unspecified atom stereocenters. The lowest BCUT2D eigenvalue weighted by molar-refractivity contribution is -0.0575. The Morgan fingerprint density at radius 3 is 1.97 bits per heavy atom. The van der Waals surface area contributed by atoms with Crippen molar-refractivity contribution in [2.24, 2.45) is 0 Å². The van der Waals surface area contributed by atoms with Gasteiger partial charge >= 0.3 is 0 Å². The van der Waals surface area contributed by atoms with Gasteiger partial charge in [0.25, 0.3) is 0 Å². The minimum atomic E-state index is -1.40. The highest BCUT2D eigenvalue weighted by Gasteiger charge is 2.26. The molecule has 0 aliphatic rings. The zero-order valence-electron chi connectivity index (χ0n) is 19.9. The maximum Gasteiger partial charge on any atom is 0.189 e. The molecule has 2 N–H and O–H groups in total. The molecule has 0 bridgehead atoms. The van der Waals surface area contributed by atoms with E-state index >= 15 is 0 Å². The fourth-order valence-electron chi connectivity index (χ4n) is 2.50. The summed E-state index contributed by atoms with van der Waals surface area (Å²) < 4.78 is 22.6. The van der Waals surface area contributed by atoms with Gasteiger partial charge in [-0.3, -0.25) is 0 Å². The summed E-state index contributed by atoms with van der Waals surface area (Å²) in [5, 5.41) is 20.1. The predicted octanol–water partition coefficient (Wildman–Crippen LogP) is 4.41. The minimum Gasteiger partial charge on any atom is -0.467 e. The first-order valence-electron chi connectivity index (χ1n) is 10.7. The molecule has 8 heteroatoms. The van der Waals surface area contributed by atoms with E-state index in [9.17, 15) is 10.2 Å². The summed E-state index contributed by atoms with van der Waals surface area (Å²) in [7, 11) is -2.25. The van der Waals surface area contributed by atoms with Gasteiger partial charge in [0, 0.05) is 34.9 Å². The van der Waals surface area contributed by atoms with Crippen LogP contribution in [0.15, 0.2) is 18.2 Å². The first-order valence-corrected chi connectivity index (χ1v) is 18.1. The molecule has 1 aromatic rings. The predicted molar refractivity (Wildman–Crippen MR) is 126 cm³/mol. The van der Waals surface area contributed by atoms with Gasteiger partial charge < -0.3 is 29.2 Å². The third-order valence-corrected chi connectivity index (χ3v) is 8.07. The van der Waals surface area contributed by atoms with E-state index in [0.717, 1.165) is 24.3 Å². The zero-order chi connectivity index (χ0) is 22.8. The molecular weight excluding hydrogens is 416 g/mol. The van der Waals surface area contributed by atoms with Crippen LogP contribution in [-0.2, 0) is 26.4 Å².